The van der Waals surface area contributed by atoms with Crippen LogP contribution in [0.1, 0.15) is 41.0 Å². The van der Waals surface area contributed by atoms with E-state index in [9.17, 15) is 14.4 Å². The number of aromatic carboxylic acids is 1. The maximum absolute atomic E-state index is 12.4. The van der Waals surface area contributed by atoms with Gasteiger partial charge in [0, 0.05) is 23.4 Å². The van der Waals surface area contributed by atoms with Gasteiger partial charge in [0.2, 0.25) is 5.91 Å². The van der Waals surface area contributed by atoms with Crippen LogP contribution in [0, 0.1) is 5.92 Å². The molecule has 7 heteroatoms. The lowest BCUT2D eigenvalue weighted by atomic mass is 10.1. The van der Waals surface area contributed by atoms with Crippen LogP contribution in [0.3, 0.4) is 0 Å². The molecule has 0 bridgehead atoms. The molecule has 0 saturated heterocycles. The molecule has 7 nitrogen and oxygen atoms in total. The molecule has 142 valence electrons. The first-order valence-corrected chi connectivity index (χ1v) is 8.42. The molecule has 0 spiro atoms. The summed E-state index contributed by atoms with van der Waals surface area (Å²) in [5.41, 5.74) is 1.28. The standard InChI is InChI=1S/C20H22N2O5/c1-12(2)8-18(23)21-15-4-6-16(7-5-15)22-19(24)13-9-14(20(25)26)11-17(10-13)27-3/h4-7,9-12H,8H2,1-3H3,(H,21,23)(H,22,24)(H,25,26). The van der Waals surface area contributed by atoms with Crippen molar-refractivity contribution in [3.05, 3.63) is 53.6 Å². The fourth-order valence-electron chi connectivity index (χ4n) is 2.39. The number of carbonyl (C=O) groups excluding carboxylic acids is 2. The van der Waals surface area contributed by atoms with Gasteiger partial charge in [0.1, 0.15) is 5.75 Å². The minimum absolute atomic E-state index is 0.0392. The third kappa shape index (κ3) is 5.85. The number of ether oxygens (including phenoxy) is 1. The molecule has 0 radical (unpaired) electrons. The molecule has 27 heavy (non-hydrogen) atoms. The van der Waals surface area contributed by atoms with Gasteiger partial charge in [-0.25, -0.2) is 4.79 Å². The molecule has 0 heterocycles. The molecular weight excluding hydrogens is 348 g/mol. The van der Waals surface area contributed by atoms with Crippen LogP contribution >= 0.6 is 0 Å². The summed E-state index contributed by atoms with van der Waals surface area (Å²) < 4.78 is 5.04. The third-order valence-corrected chi connectivity index (χ3v) is 3.67. The Morgan fingerprint density at radius 2 is 1.52 bits per heavy atom. The van der Waals surface area contributed by atoms with Gasteiger partial charge in [-0.05, 0) is 48.4 Å². The summed E-state index contributed by atoms with van der Waals surface area (Å²) in [6.45, 7) is 3.93. The Morgan fingerprint density at radius 1 is 0.963 bits per heavy atom. The normalized spacial score (nSPS) is 10.4. The molecule has 0 saturated carbocycles. The van der Waals surface area contributed by atoms with Crippen molar-refractivity contribution in [1.82, 2.24) is 0 Å². The maximum Gasteiger partial charge on any atom is 0.335 e. The number of anilines is 2. The summed E-state index contributed by atoms with van der Waals surface area (Å²) in [6, 6.07) is 10.8. The number of hydrogen-bond acceptors (Lipinski definition) is 4. The lowest BCUT2D eigenvalue weighted by Gasteiger charge is -2.10. The van der Waals surface area contributed by atoms with Crippen LogP contribution in [0.4, 0.5) is 11.4 Å². The zero-order chi connectivity index (χ0) is 20.0. The van der Waals surface area contributed by atoms with Gasteiger partial charge in [0.05, 0.1) is 12.7 Å². The smallest absolute Gasteiger partial charge is 0.335 e. The van der Waals surface area contributed by atoms with E-state index >= 15 is 0 Å². The van der Waals surface area contributed by atoms with Gasteiger partial charge in [0.25, 0.3) is 5.91 Å². The number of carbonyl (C=O) groups is 3. The van der Waals surface area contributed by atoms with Crippen molar-refractivity contribution in [3.8, 4) is 5.75 Å². The number of benzene rings is 2. The molecule has 2 aromatic rings. The van der Waals surface area contributed by atoms with Gasteiger partial charge < -0.3 is 20.5 Å². The molecular formula is C20H22N2O5. The molecule has 0 fully saturated rings. The largest absolute Gasteiger partial charge is 0.497 e. The fourth-order valence-corrected chi connectivity index (χ4v) is 2.39. The lowest BCUT2D eigenvalue weighted by molar-refractivity contribution is -0.116. The third-order valence-electron chi connectivity index (χ3n) is 3.67. The minimum atomic E-state index is -1.15. The van der Waals surface area contributed by atoms with Crippen LogP contribution < -0.4 is 15.4 Å². The quantitative estimate of drug-likeness (QED) is 0.690. The Labute approximate surface area is 157 Å². The van der Waals surface area contributed by atoms with E-state index in [4.69, 9.17) is 9.84 Å². The highest BCUT2D eigenvalue weighted by Gasteiger charge is 2.13. The first-order chi connectivity index (χ1) is 12.8. The highest BCUT2D eigenvalue weighted by Crippen LogP contribution is 2.20. The van der Waals surface area contributed by atoms with Crippen LogP contribution in [-0.4, -0.2) is 30.0 Å². The Bertz CT molecular complexity index is 844. The number of hydrogen-bond donors (Lipinski definition) is 3. The second-order valence-electron chi connectivity index (χ2n) is 6.43. The van der Waals surface area contributed by atoms with E-state index in [1.54, 1.807) is 24.3 Å². The Hall–Kier alpha value is -3.35. The summed E-state index contributed by atoms with van der Waals surface area (Å²) >= 11 is 0. The molecule has 0 aliphatic heterocycles. The van der Waals surface area contributed by atoms with E-state index in [1.807, 2.05) is 13.8 Å². The summed E-state index contributed by atoms with van der Waals surface area (Å²) in [5, 5.41) is 14.6. The molecule has 2 rings (SSSR count). The average Bonchev–Trinajstić information content (AvgIpc) is 2.62. The van der Waals surface area contributed by atoms with Gasteiger partial charge in [-0.3, -0.25) is 9.59 Å². The SMILES string of the molecule is COc1cc(C(=O)O)cc(C(=O)Nc2ccc(NC(=O)CC(C)C)cc2)c1. The van der Waals surface area contributed by atoms with Gasteiger partial charge in [-0.2, -0.15) is 0 Å². The topological polar surface area (TPSA) is 105 Å². The van der Waals surface area contributed by atoms with Crippen molar-refractivity contribution in [3.63, 3.8) is 0 Å². The zero-order valence-corrected chi connectivity index (χ0v) is 15.4. The van der Waals surface area contributed by atoms with Crippen LogP contribution in [0.5, 0.6) is 5.75 Å². The van der Waals surface area contributed by atoms with Gasteiger partial charge >= 0.3 is 5.97 Å². The van der Waals surface area contributed by atoms with E-state index in [1.165, 1.54) is 25.3 Å². The lowest BCUT2D eigenvalue weighted by Crippen LogP contribution is -2.15. The van der Waals surface area contributed by atoms with Crippen LogP contribution in [0.25, 0.3) is 0 Å². The summed E-state index contributed by atoms with van der Waals surface area (Å²) in [6.07, 6.45) is 0.431. The van der Waals surface area contributed by atoms with Crippen LogP contribution in [-0.2, 0) is 4.79 Å². The molecule has 0 unspecified atom stereocenters. The van der Waals surface area contributed by atoms with E-state index in [-0.39, 0.29) is 28.7 Å². The summed E-state index contributed by atoms with van der Waals surface area (Å²) in [4.78, 5) is 35.4. The van der Waals surface area contributed by atoms with Gasteiger partial charge in [-0.15, -0.1) is 0 Å². The van der Waals surface area contributed by atoms with Crippen molar-refractivity contribution in [2.75, 3.05) is 17.7 Å². The predicted octanol–water partition coefficient (Wildman–Crippen LogP) is 3.63. The van der Waals surface area contributed by atoms with E-state index < -0.39 is 11.9 Å². The maximum atomic E-state index is 12.4. The Kier molecular flexibility index (Phi) is 6.54. The van der Waals surface area contributed by atoms with Gasteiger partial charge in [0.15, 0.2) is 0 Å². The van der Waals surface area contributed by atoms with Crippen molar-refractivity contribution in [2.45, 2.75) is 20.3 Å². The monoisotopic (exact) mass is 370 g/mol. The number of carboxylic acids is 1. The first-order valence-electron chi connectivity index (χ1n) is 8.42. The fraction of sp³-hybridized carbons (Fsp3) is 0.250. The number of nitrogens with one attached hydrogen (secondary N) is 2. The molecule has 3 N–H and O–H groups in total. The summed E-state index contributed by atoms with van der Waals surface area (Å²) in [5.74, 6) is -1.14. The van der Waals surface area contributed by atoms with Crippen molar-refractivity contribution in [2.24, 2.45) is 5.92 Å². The second-order valence-corrected chi connectivity index (χ2v) is 6.43. The van der Waals surface area contributed by atoms with E-state index in [2.05, 4.69) is 10.6 Å². The van der Waals surface area contributed by atoms with E-state index in [0.29, 0.717) is 17.8 Å². The molecule has 0 aromatic heterocycles. The molecule has 0 aliphatic rings. The average molecular weight is 370 g/mol. The molecule has 2 amide bonds. The van der Waals surface area contributed by atoms with Gasteiger partial charge in [-0.1, -0.05) is 13.8 Å². The first kappa shape index (κ1) is 20.0. The number of rotatable bonds is 7. The predicted molar refractivity (Wildman–Crippen MR) is 102 cm³/mol. The highest BCUT2D eigenvalue weighted by molar-refractivity contribution is 6.06. The Balaban J connectivity index is 2.09. The molecule has 0 atom stereocenters. The van der Waals surface area contributed by atoms with Crippen molar-refractivity contribution in [1.29, 1.82) is 0 Å². The minimum Gasteiger partial charge on any atom is -0.497 e. The van der Waals surface area contributed by atoms with E-state index in [0.717, 1.165) is 0 Å². The number of carboxylic acid groups (broad SMARTS) is 1. The number of amides is 2. The second kappa shape index (κ2) is 8.84. The zero-order valence-electron chi connectivity index (χ0n) is 15.4. The van der Waals surface area contributed by atoms with Crippen LogP contribution in [0.2, 0.25) is 0 Å². The highest BCUT2D eigenvalue weighted by atomic mass is 16.5. The summed E-state index contributed by atoms with van der Waals surface area (Å²) in [7, 11) is 1.40. The van der Waals surface area contributed by atoms with Crippen molar-refractivity contribution >= 4 is 29.2 Å². The number of methoxy groups -OCH3 is 1. The van der Waals surface area contributed by atoms with Crippen LogP contribution in [0.15, 0.2) is 42.5 Å². The van der Waals surface area contributed by atoms with Crippen molar-refractivity contribution < 1.29 is 24.2 Å². The Morgan fingerprint density at radius 3 is 2.04 bits per heavy atom. The molecule has 2 aromatic carbocycles. The molecule has 0 aliphatic carbocycles.